The Kier molecular flexibility index (Phi) is 4.20. The summed E-state index contributed by atoms with van der Waals surface area (Å²) in [5.74, 6) is -1.95. The van der Waals surface area contributed by atoms with Crippen LogP contribution in [0.2, 0.25) is 0 Å². The van der Waals surface area contributed by atoms with E-state index in [9.17, 15) is 17.2 Å². The van der Waals surface area contributed by atoms with Gasteiger partial charge in [0, 0.05) is 6.04 Å². The molecule has 0 aliphatic heterocycles. The SMILES string of the molecule is C[C@@H]1CCCC[C@H]1NS(=O)(=O)c1ccc(F)c(F)c1. The quantitative estimate of drug-likeness (QED) is 0.930. The van der Waals surface area contributed by atoms with E-state index in [-0.39, 0.29) is 16.9 Å². The van der Waals surface area contributed by atoms with Crippen molar-refractivity contribution in [3.05, 3.63) is 29.8 Å². The van der Waals surface area contributed by atoms with E-state index in [1.54, 1.807) is 0 Å². The fourth-order valence-electron chi connectivity index (χ4n) is 2.40. The third-order valence-electron chi connectivity index (χ3n) is 3.62. The molecule has 0 saturated heterocycles. The first-order valence-electron chi connectivity index (χ1n) is 6.37. The van der Waals surface area contributed by atoms with Crippen LogP contribution < -0.4 is 4.72 Å². The molecule has 0 spiro atoms. The normalized spacial score (nSPS) is 24.4. The fourth-order valence-corrected chi connectivity index (χ4v) is 3.79. The first-order chi connectivity index (χ1) is 8.90. The van der Waals surface area contributed by atoms with Gasteiger partial charge in [0.2, 0.25) is 10.0 Å². The van der Waals surface area contributed by atoms with Crippen molar-refractivity contribution in [2.45, 2.75) is 43.5 Å². The van der Waals surface area contributed by atoms with Gasteiger partial charge >= 0.3 is 0 Å². The zero-order valence-corrected chi connectivity index (χ0v) is 11.5. The Morgan fingerprint density at radius 3 is 2.47 bits per heavy atom. The Morgan fingerprint density at radius 1 is 1.16 bits per heavy atom. The van der Waals surface area contributed by atoms with Gasteiger partial charge in [0.1, 0.15) is 0 Å². The number of sulfonamides is 1. The molecule has 0 unspecified atom stereocenters. The minimum absolute atomic E-state index is 0.133. The number of nitrogens with one attached hydrogen (secondary N) is 1. The van der Waals surface area contributed by atoms with Gasteiger partial charge in [0.05, 0.1) is 4.90 Å². The summed E-state index contributed by atoms with van der Waals surface area (Å²) in [4.78, 5) is -0.232. The zero-order chi connectivity index (χ0) is 14.0. The number of halogens is 2. The molecule has 0 heterocycles. The Labute approximate surface area is 112 Å². The molecule has 3 nitrogen and oxygen atoms in total. The van der Waals surface area contributed by atoms with Gasteiger partial charge in [-0.3, -0.25) is 0 Å². The van der Waals surface area contributed by atoms with Crippen molar-refractivity contribution in [3.8, 4) is 0 Å². The van der Waals surface area contributed by atoms with Crippen molar-refractivity contribution >= 4 is 10.0 Å². The fraction of sp³-hybridized carbons (Fsp3) is 0.538. The molecule has 1 aromatic rings. The Balaban J connectivity index is 2.19. The summed E-state index contributed by atoms with van der Waals surface area (Å²) in [7, 11) is -3.79. The molecule has 0 aromatic heterocycles. The molecule has 0 radical (unpaired) electrons. The van der Waals surface area contributed by atoms with Crippen LogP contribution in [0.1, 0.15) is 32.6 Å². The molecule has 1 saturated carbocycles. The lowest BCUT2D eigenvalue weighted by molar-refractivity contribution is 0.310. The van der Waals surface area contributed by atoms with Gasteiger partial charge in [-0.1, -0.05) is 19.8 Å². The molecule has 1 fully saturated rings. The average molecular weight is 289 g/mol. The van der Waals surface area contributed by atoms with Crippen LogP contribution in [-0.4, -0.2) is 14.5 Å². The van der Waals surface area contributed by atoms with Gasteiger partial charge in [0.25, 0.3) is 0 Å². The van der Waals surface area contributed by atoms with Crippen molar-refractivity contribution in [1.82, 2.24) is 4.72 Å². The second-order valence-electron chi connectivity index (χ2n) is 5.07. The number of rotatable bonds is 3. The lowest BCUT2D eigenvalue weighted by atomic mass is 9.87. The van der Waals surface area contributed by atoms with Crippen LogP contribution in [0.15, 0.2) is 23.1 Å². The summed E-state index contributed by atoms with van der Waals surface area (Å²) >= 11 is 0. The Bertz CT molecular complexity index is 560. The molecule has 1 N–H and O–H groups in total. The van der Waals surface area contributed by atoms with Gasteiger partial charge in [0.15, 0.2) is 11.6 Å². The summed E-state index contributed by atoms with van der Waals surface area (Å²) in [5.41, 5.74) is 0. The predicted octanol–water partition coefficient (Wildman–Crippen LogP) is 2.82. The summed E-state index contributed by atoms with van der Waals surface area (Å²) in [6.07, 6.45) is 3.84. The van der Waals surface area contributed by atoms with Crippen LogP contribution in [0, 0.1) is 17.6 Å². The molecule has 2 rings (SSSR count). The molecule has 0 amide bonds. The number of hydrogen-bond donors (Lipinski definition) is 1. The molecule has 0 bridgehead atoms. The highest BCUT2D eigenvalue weighted by atomic mass is 32.2. The molecule has 19 heavy (non-hydrogen) atoms. The number of hydrogen-bond acceptors (Lipinski definition) is 2. The Morgan fingerprint density at radius 2 is 1.84 bits per heavy atom. The van der Waals surface area contributed by atoms with E-state index in [4.69, 9.17) is 0 Å². The molecular formula is C13H17F2NO2S. The summed E-state index contributed by atoms with van der Waals surface area (Å²) in [6.45, 7) is 2.00. The molecule has 1 aliphatic rings. The van der Waals surface area contributed by atoms with E-state index < -0.39 is 21.7 Å². The summed E-state index contributed by atoms with van der Waals surface area (Å²) in [5, 5.41) is 0. The number of benzene rings is 1. The second-order valence-corrected chi connectivity index (χ2v) is 6.78. The minimum Gasteiger partial charge on any atom is -0.208 e. The molecule has 106 valence electrons. The van der Waals surface area contributed by atoms with Gasteiger partial charge in [-0.25, -0.2) is 21.9 Å². The van der Waals surface area contributed by atoms with Crippen molar-refractivity contribution in [2.75, 3.05) is 0 Å². The molecule has 6 heteroatoms. The van der Waals surface area contributed by atoms with Crippen LogP contribution in [0.3, 0.4) is 0 Å². The standard InChI is InChI=1S/C13H17F2NO2S/c1-9-4-2-3-5-13(9)16-19(17,18)10-6-7-11(14)12(15)8-10/h6-9,13,16H,2-5H2,1H3/t9-,13-/m1/s1. The third-order valence-corrected chi connectivity index (χ3v) is 5.11. The van der Waals surface area contributed by atoms with E-state index in [0.29, 0.717) is 6.07 Å². The lowest BCUT2D eigenvalue weighted by Gasteiger charge is -2.29. The van der Waals surface area contributed by atoms with Gasteiger partial charge < -0.3 is 0 Å². The van der Waals surface area contributed by atoms with Crippen LogP contribution in [0.4, 0.5) is 8.78 Å². The molecular weight excluding hydrogens is 272 g/mol. The van der Waals surface area contributed by atoms with E-state index in [1.165, 1.54) is 0 Å². The first-order valence-corrected chi connectivity index (χ1v) is 7.86. The average Bonchev–Trinajstić information content (AvgIpc) is 2.35. The van der Waals surface area contributed by atoms with Crippen LogP contribution in [0.25, 0.3) is 0 Å². The highest BCUT2D eigenvalue weighted by Gasteiger charge is 2.27. The monoisotopic (exact) mass is 289 g/mol. The van der Waals surface area contributed by atoms with Crippen molar-refractivity contribution < 1.29 is 17.2 Å². The maximum atomic E-state index is 13.1. The van der Waals surface area contributed by atoms with Crippen LogP contribution in [0.5, 0.6) is 0 Å². The summed E-state index contributed by atoms with van der Waals surface area (Å²) < 4.78 is 52.7. The van der Waals surface area contributed by atoms with Gasteiger partial charge in [-0.15, -0.1) is 0 Å². The zero-order valence-electron chi connectivity index (χ0n) is 10.7. The van der Waals surface area contributed by atoms with E-state index in [0.717, 1.165) is 37.8 Å². The van der Waals surface area contributed by atoms with E-state index >= 15 is 0 Å². The maximum Gasteiger partial charge on any atom is 0.240 e. The topological polar surface area (TPSA) is 46.2 Å². The molecule has 1 aromatic carbocycles. The maximum absolute atomic E-state index is 13.1. The van der Waals surface area contributed by atoms with Crippen LogP contribution in [-0.2, 0) is 10.0 Å². The Hall–Kier alpha value is -1.01. The van der Waals surface area contributed by atoms with Crippen molar-refractivity contribution in [1.29, 1.82) is 0 Å². The highest BCUT2D eigenvalue weighted by molar-refractivity contribution is 7.89. The van der Waals surface area contributed by atoms with Crippen molar-refractivity contribution in [3.63, 3.8) is 0 Å². The first kappa shape index (κ1) is 14.4. The van der Waals surface area contributed by atoms with Crippen LogP contribution >= 0.6 is 0 Å². The van der Waals surface area contributed by atoms with Crippen molar-refractivity contribution in [2.24, 2.45) is 5.92 Å². The molecule has 2 atom stereocenters. The minimum atomic E-state index is -3.79. The van der Waals surface area contributed by atoms with E-state index in [2.05, 4.69) is 4.72 Å². The van der Waals surface area contributed by atoms with Gasteiger partial charge in [-0.2, -0.15) is 0 Å². The lowest BCUT2D eigenvalue weighted by Crippen LogP contribution is -2.41. The van der Waals surface area contributed by atoms with Gasteiger partial charge in [-0.05, 0) is 37.0 Å². The third kappa shape index (κ3) is 3.30. The summed E-state index contributed by atoms with van der Waals surface area (Å²) in [6, 6.07) is 2.49. The predicted molar refractivity (Wildman–Crippen MR) is 68.1 cm³/mol. The second kappa shape index (κ2) is 5.54. The molecule has 1 aliphatic carbocycles. The van der Waals surface area contributed by atoms with E-state index in [1.807, 2.05) is 6.92 Å². The largest absolute Gasteiger partial charge is 0.240 e. The smallest absolute Gasteiger partial charge is 0.208 e. The highest BCUT2D eigenvalue weighted by Crippen LogP contribution is 2.25.